The average Bonchev–Trinajstić information content (AvgIpc) is 2.85. The lowest BCUT2D eigenvalue weighted by Crippen LogP contribution is -2.48. The largest absolute Gasteiger partial charge is 0.351 e. The Morgan fingerprint density at radius 2 is 2.11 bits per heavy atom. The summed E-state index contributed by atoms with van der Waals surface area (Å²) in [4.78, 5) is 12.1. The van der Waals surface area contributed by atoms with Crippen LogP contribution in [-0.4, -0.2) is 24.5 Å². The maximum Gasteiger partial charge on any atom is 0.224 e. The Labute approximate surface area is 123 Å². The van der Waals surface area contributed by atoms with Crippen molar-refractivity contribution in [3.05, 3.63) is 34.3 Å². The predicted octanol–water partition coefficient (Wildman–Crippen LogP) is 2.50. The number of hydrogen-bond donors (Lipinski definition) is 2. The van der Waals surface area contributed by atoms with Gasteiger partial charge in [0.2, 0.25) is 5.91 Å². The minimum atomic E-state index is -0.215. The van der Waals surface area contributed by atoms with Crippen LogP contribution in [0.15, 0.2) is 28.7 Å². The van der Waals surface area contributed by atoms with Crippen LogP contribution in [0, 0.1) is 5.92 Å². The van der Waals surface area contributed by atoms with E-state index in [1.807, 2.05) is 12.1 Å². The maximum atomic E-state index is 12.1. The van der Waals surface area contributed by atoms with Crippen LogP contribution in [0.1, 0.15) is 25.8 Å². The van der Waals surface area contributed by atoms with Gasteiger partial charge in [-0.2, -0.15) is 0 Å². The Balaban J connectivity index is 1.93. The predicted molar refractivity (Wildman–Crippen MR) is 81.0 cm³/mol. The maximum absolute atomic E-state index is 12.1. The first kappa shape index (κ1) is 14.5. The summed E-state index contributed by atoms with van der Waals surface area (Å²) in [6, 6.07) is 8.26. The monoisotopic (exact) mass is 324 g/mol. The van der Waals surface area contributed by atoms with Crippen LogP contribution in [0.3, 0.4) is 0 Å². The van der Waals surface area contributed by atoms with E-state index in [1.54, 1.807) is 0 Å². The standard InChI is InChI=1S/C15H21BrN2O/c1-15(2,9-11-3-5-13(16)6-4-11)18-14(19)12-7-8-17-10-12/h3-6,12,17H,7-10H2,1-2H3,(H,18,19). The zero-order valence-corrected chi connectivity index (χ0v) is 13.1. The number of amides is 1. The fourth-order valence-electron chi connectivity index (χ4n) is 2.47. The highest BCUT2D eigenvalue weighted by Crippen LogP contribution is 2.17. The molecule has 3 nitrogen and oxygen atoms in total. The van der Waals surface area contributed by atoms with E-state index >= 15 is 0 Å². The van der Waals surface area contributed by atoms with Crippen LogP contribution >= 0.6 is 15.9 Å². The Bertz CT molecular complexity index is 436. The SMILES string of the molecule is CC(C)(Cc1ccc(Br)cc1)NC(=O)C1CCNC1. The summed E-state index contributed by atoms with van der Waals surface area (Å²) >= 11 is 3.43. The number of halogens is 1. The lowest BCUT2D eigenvalue weighted by Gasteiger charge is -2.28. The van der Waals surface area contributed by atoms with Gasteiger partial charge in [0, 0.05) is 16.6 Å². The molecule has 1 unspecified atom stereocenters. The van der Waals surface area contributed by atoms with Gasteiger partial charge in [-0.1, -0.05) is 28.1 Å². The minimum absolute atomic E-state index is 0.129. The Hall–Kier alpha value is -0.870. The van der Waals surface area contributed by atoms with Crippen molar-refractivity contribution in [3.8, 4) is 0 Å². The van der Waals surface area contributed by atoms with E-state index in [0.717, 1.165) is 30.4 Å². The number of benzene rings is 1. The molecule has 0 radical (unpaired) electrons. The van der Waals surface area contributed by atoms with Crippen molar-refractivity contribution in [1.82, 2.24) is 10.6 Å². The van der Waals surface area contributed by atoms with Crippen molar-refractivity contribution in [2.45, 2.75) is 32.2 Å². The lowest BCUT2D eigenvalue weighted by molar-refractivity contribution is -0.126. The summed E-state index contributed by atoms with van der Waals surface area (Å²) in [7, 11) is 0. The van der Waals surface area contributed by atoms with E-state index in [9.17, 15) is 4.79 Å². The molecule has 2 rings (SSSR count). The van der Waals surface area contributed by atoms with E-state index < -0.39 is 0 Å². The van der Waals surface area contributed by atoms with Crippen LogP contribution < -0.4 is 10.6 Å². The Morgan fingerprint density at radius 1 is 1.42 bits per heavy atom. The van der Waals surface area contributed by atoms with Crippen molar-refractivity contribution >= 4 is 21.8 Å². The van der Waals surface area contributed by atoms with Crippen LogP contribution in [0.2, 0.25) is 0 Å². The van der Waals surface area contributed by atoms with Gasteiger partial charge in [-0.15, -0.1) is 0 Å². The third kappa shape index (κ3) is 4.32. The molecule has 104 valence electrons. The second-order valence-electron chi connectivity index (χ2n) is 5.87. The molecule has 0 spiro atoms. The highest BCUT2D eigenvalue weighted by Gasteiger charge is 2.27. The second-order valence-corrected chi connectivity index (χ2v) is 6.78. The molecule has 0 aliphatic carbocycles. The quantitative estimate of drug-likeness (QED) is 0.893. The zero-order valence-electron chi connectivity index (χ0n) is 11.5. The zero-order chi connectivity index (χ0) is 13.9. The number of carbonyl (C=O) groups is 1. The van der Waals surface area contributed by atoms with Gasteiger partial charge < -0.3 is 10.6 Å². The van der Waals surface area contributed by atoms with E-state index in [1.165, 1.54) is 5.56 Å². The Kier molecular flexibility index (Phi) is 4.63. The van der Waals surface area contributed by atoms with Crippen LogP contribution in [0.25, 0.3) is 0 Å². The fraction of sp³-hybridized carbons (Fsp3) is 0.533. The van der Waals surface area contributed by atoms with Crippen molar-refractivity contribution < 1.29 is 4.79 Å². The number of rotatable bonds is 4. The fourth-order valence-corrected chi connectivity index (χ4v) is 2.74. The van der Waals surface area contributed by atoms with Gasteiger partial charge in [0.25, 0.3) is 0 Å². The normalized spacial score (nSPS) is 19.4. The van der Waals surface area contributed by atoms with Crippen molar-refractivity contribution in [2.24, 2.45) is 5.92 Å². The molecule has 1 amide bonds. The number of carbonyl (C=O) groups excluding carboxylic acids is 1. The third-order valence-corrected chi connectivity index (χ3v) is 3.98. The summed E-state index contributed by atoms with van der Waals surface area (Å²) in [6.07, 6.45) is 1.78. The van der Waals surface area contributed by atoms with Crippen LogP contribution in [0.4, 0.5) is 0 Å². The minimum Gasteiger partial charge on any atom is -0.351 e. The summed E-state index contributed by atoms with van der Waals surface area (Å²) in [5.74, 6) is 0.302. The molecule has 0 bridgehead atoms. The molecule has 1 aromatic rings. The number of hydrogen-bond acceptors (Lipinski definition) is 2. The first-order valence-electron chi connectivity index (χ1n) is 6.73. The third-order valence-electron chi connectivity index (χ3n) is 3.45. The first-order chi connectivity index (χ1) is 8.96. The van der Waals surface area contributed by atoms with Crippen molar-refractivity contribution in [3.63, 3.8) is 0 Å². The van der Waals surface area contributed by atoms with Gasteiger partial charge in [-0.25, -0.2) is 0 Å². The summed E-state index contributed by atoms with van der Waals surface area (Å²) < 4.78 is 1.08. The highest BCUT2D eigenvalue weighted by molar-refractivity contribution is 9.10. The molecule has 1 aliphatic heterocycles. The molecule has 0 aromatic heterocycles. The molecule has 1 atom stereocenters. The molecule has 0 saturated carbocycles. The molecule has 1 fully saturated rings. The van der Waals surface area contributed by atoms with E-state index in [2.05, 4.69) is 52.5 Å². The summed E-state index contributed by atoms with van der Waals surface area (Å²) in [5.41, 5.74) is 1.02. The number of nitrogens with one attached hydrogen (secondary N) is 2. The average molecular weight is 325 g/mol. The van der Waals surface area contributed by atoms with E-state index in [-0.39, 0.29) is 17.4 Å². The molecule has 1 heterocycles. The van der Waals surface area contributed by atoms with Crippen molar-refractivity contribution in [2.75, 3.05) is 13.1 Å². The molecule has 4 heteroatoms. The molecule has 1 aromatic carbocycles. The van der Waals surface area contributed by atoms with Crippen LogP contribution in [0.5, 0.6) is 0 Å². The van der Waals surface area contributed by atoms with Gasteiger partial charge in [0.1, 0.15) is 0 Å². The molecule has 19 heavy (non-hydrogen) atoms. The van der Waals surface area contributed by atoms with E-state index in [4.69, 9.17) is 0 Å². The van der Waals surface area contributed by atoms with Crippen molar-refractivity contribution in [1.29, 1.82) is 0 Å². The van der Waals surface area contributed by atoms with Gasteiger partial charge in [-0.3, -0.25) is 4.79 Å². The molecule has 1 aliphatic rings. The summed E-state index contributed by atoms with van der Waals surface area (Å²) in [6.45, 7) is 5.91. The highest BCUT2D eigenvalue weighted by atomic mass is 79.9. The van der Waals surface area contributed by atoms with Gasteiger partial charge in [0.05, 0.1) is 5.92 Å². The Morgan fingerprint density at radius 3 is 2.68 bits per heavy atom. The molecular formula is C15H21BrN2O. The molecule has 2 N–H and O–H groups in total. The van der Waals surface area contributed by atoms with Gasteiger partial charge in [-0.05, 0) is 50.9 Å². The van der Waals surface area contributed by atoms with Gasteiger partial charge >= 0.3 is 0 Å². The molecule has 1 saturated heterocycles. The van der Waals surface area contributed by atoms with E-state index in [0.29, 0.717) is 0 Å². The molecular weight excluding hydrogens is 304 g/mol. The van der Waals surface area contributed by atoms with Gasteiger partial charge in [0.15, 0.2) is 0 Å². The smallest absolute Gasteiger partial charge is 0.224 e. The topological polar surface area (TPSA) is 41.1 Å². The lowest BCUT2D eigenvalue weighted by atomic mass is 9.94. The summed E-state index contributed by atoms with van der Waals surface area (Å²) in [5, 5.41) is 6.40. The second kappa shape index (κ2) is 6.06. The van der Waals surface area contributed by atoms with Crippen LogP contribution in [-0.2, 0) is 11.2 Å². The first-order valence-corrected chi connectivity index (χ1v) is 7.53.